The average molecular weight is 306 g/mol. The van der Waals surface area contributed by atoms with Crippen LogP contribution in [0.25, 0.3) is 0 Å². The number of ether oxygens (including phenoxy) is 2. The van der Waals surface area contributed by atoms with Gasteiger partial charge in [-0.15, -0.1) is 10.5 Å². The lowest BCUT2D eigenvalue weighted by Gasteiger charge is -2.19. The molecule has 0 saturated carbocycles. The SMILES string of the molecule is CCCCC(c1ccc(OC#N)cc1)c1ccccc1OC#N. The predicted octanol–water partition coefficient (Wildman–Crippen LogP) is 4.73. The third-order valence-electron chi connectivity index (χ3n) is 3.74. The van der Waals surface area contributed by atoms with Crippen LogP contribution >= 0.6 is 0 Å². The standard InChI is InChI=1S/C19H18N2O2/c1-2-3-6-17(15-9-11-16(12-10-15)22-13-20)18-7-4-5-8-19(18)23-14-21/h4-5,7-12,17H,2-3,6H2,1H3. The molecule has 23 heavy (non-hydrogen) atoms. The zero-order chi connectivity index (χ0) is 16.5. The summed E-state index contributed by atoms with van der Waals surface area (Å²) in [6.07, 6.45) is 6.55. The van der Waals surface area contributed by atoms with Gasteiger partial charge in [0.1, 0.15) is 11.5 Å². The Kier molecular flexibility index (Phi) is 6.03. The molecule has 2 aromatic rings. The zero-order valence-electron chi connectivity index (χ0n) is 13.0. The maximum absolute atomic E-state index is 8.85. The number of unbranched alkanes of at least 4 members (excludes halogenated alkanes) is 1. The van der Waals surface area contributed by atoms with Crippen LogP contribution in [0.3, 0.4) is 0 Å². The van der Waals surface area contributed by atoms with E-state index in [0.717, 1.165) is 30.4 Å². The predicted molar refractivity (Wildman–Crippen MR) is 86.7 cm³/mol. The molecule has 4 heteroatoms. The van der Waals surface area contributed by atoms with E-state index in [2.05, 4.69) is 6.92 Å². The second-order valence-electron chi connectivity index (χ2n) is 5.19. The molecule has 0 aliphatic carbocycles. The van der Waals surface area contributed by atoms with Crippen LogP contribution in [0.5, 0.6) is 11.5 Å². The number of nitrogens with zero attached hydrogens (tertiary/aromatic N) is 2. The summed E-state index contributed by atoms with van der Waals surface area (Å²) in [5.41, 5.74) is 2.11. The van der Waals surface area contributed by atoms with Crippen molar-refractivity contribution in [1.29, 1.82) is 10.5 Å². The molecule has 1 atom stereocenters. The summed E-state index contributed by atoms with van der Waals surface area (Å²) < 4.78 is 9.95. The Morgan fingerprint density at radius 3 is 2.30 bits per heavy atom. The smallest absolute Gasteiger partial charge is 0.292 e. The van der Waals surface area contributed by atoms with Crippen LogP contribution in [0.1, 0.15) is 43.2 Å². The van der Waals surface area contributed by atoms with Gasteiger partial charge in [0, 0.05) is 11.5 Å². The molecule has 0 amide bonds. The van der Waals surface area contributed by atoms with Crippen LogP contribution in [-0.4, -0.2) is 0 Å². The van der Waals surface area contributed by atoms with E-state index < -0.39 is 0 Å². The average Bonchev–Trinajstić information content (AvgIpc) is 2.58. The third-order valence-corrected chi connectivity index (χ3v) is 3.74. The van der Waals surface area contributed by atoms with Gasteiger partial charge in [-0.05, 0) is 30.2 Å². The van der Waals surface area contributed by atoms with Gasteiger partial charge in [0.25, 0.3) is 12.5 Å². The molecule has 0 spiro atoms. The molecule has 0 fully saturated rings. The fourth-order valence-electron chi connectivity index (χ4n) is 2.64. The van der Waals surface area contributed by atoms with E-state index in [0.29, 0.717) is 11.5 Å². The number of benzene rings is 2. The van der Waals surface area contributed by atoms with E-state index in [1.54, 1.807) is 24.6 Å². The van der Waals surface area contributed by atoms with Crippen LogP contribution in [0.15, 0.2) is 48.5 Å². The van der Waals surface area contributed by atoms with Gasteiger partial charge in [0.05, 0.1) is 0 Å². The Morgan fingerprint density at radius 2 is 1.65 bits per heavy atom. The molecule has 1 unspecified atom stereocenters. The molecule has 0 aromatic heterocycles. The van der Waals surface area contributed by atoms with Gasteiger partial charge in [0.15, 0.2) is 0 Å². The normalized spacial score (nSPS) is 11.1. The van der Waals surface area contributed by atoms with Gasteiger partial charge in [-0.2, -0.15) is 0 Å². The van der Waals surface area contributed by atoms with Crippen molar-refractivity contribution in [3.63, 3.8) is 0 Å². The van der Waals surface area contributed by atoms with Crippen LogP contribution in [0.2, 0.25) is 0 Å². The second kappa shape index (κ2) is 8.46. The summed E-state index contributed by atoms with van der Waals surface area (Å²) in [5, 5.41) is 17.4. The van der Waals surface area contributed by atoms with Crippen molar-refractivity contribution in [3.8, 4) is 24.0 Å². The molecule has 4 nitrogen and oxygen atoms in total. The van der Waals surface area contributed by atoms with E-state index >= 15 is 0 Å². The highest BCUT2D eigenvalue weighted by molar-refractivity contribution is 5.43. The minimum atomic E-state index is 0.135. The largest absolute Gasteiger partial charge is 0.388 e. The molecule has 0 N–H and O–H groups in total. The molecule has 2 aromatic carbocycles. The van der Waals surface area contributed by atoms with Crippen molar-refractivity contribution in [2.24, 2.45) is 0 Å². The summed E-state index contributed by atoms with van der Waals surface area (Å²) in [4.78, 5) is 0. The Hall–Kier alpha value is -2.98. The molecule has 0 aliphatic rings. The lowest BCUT2D eigenvalue weighted by Crippen LogP contribution is -2.03. The topological polar surface area (TPSA) is 66.0 Å². The number of rotatable bonds is 7. The summed E-state index contributed by atoms with van der Waals surface area (Å²) in [5.74, 6) is 1.25. The first-order chi connectivity index (χ1) is 11.3. The summed E-state index contributed by atoms with van der Waals surface area (Å²) in [7, 11) is 0. The van der Waals surface area contributed by atoms with Gasteiger partial charge in [0.2, 0.25) is 0 Å². The van der Waals surface area contributed by atoms with Crippen molar-refractivity contribution in [1.82, 2.24) is 0 Å². The quantitative estimate of drug-likeness (QED) is 0.694. The highest BCUT2D eigenvalue weighted by atomic mass is 16.5. The van der Waals surface area contributed by atoms with Gasteiger partial charge in [-0.1, -0.05) is 50.1 Å². The van der Waals surface area contributed by atoms with Crippen molar-refractivity contribution < 1.29 is 9.47 Å². The Balaban J connectivity index is 2.37. The van der Waals surface area contributed by atoms with Crippen molar-refractivity contribution in [2.75, 3.05) is 0 Å². The van der Waals surface area contributed by atoms with Crippen LogP contribution in [0, 0.1) is 23.0 Å². The number of para-hydroxylation sites is 1. The molecule has 0 bridgehead atoms. The number of hydrogen-bond donors (Lipinski definition) is 0. The first kappa shape index (κ1) is 16.4. The minimum absolute atomic E-state index is 0.135. The summed E-state index contributed by atoms with van der Waals surface area (Å²) in [6.45, 7) is 2.15. The molecule has 0 aliphatic heterocycles. The highest BCUT2D eigenvalue weighted by Crippen LogP contribution is 2.36. The second-order valence-corrected chi connectivity index (χ2v) is 5.19. The van der Waals surface area contributed by atoms with Crippen LogP contribution in [-0.2, 0) is 0 Å². The van der Waals surface area contributed by atoms with Crippen molar-refractivity contribution >= 4 is 0 Å². The lowest BCUT2D eigenvalue weighted by atomic mass is 9.86. The van der Waals surface area contributed by atoms with E-state index in [4.69, 9.17) is 20.0 Å². The minimum Gasteiger partial charge on any atom is -0.388 e. The summed E-state index contributed by atoms with van der Waals surface area (Å²) >= 11 is 0. The Labute approximate surface area is 136 Å². The van der Waals surface area contributed by atoms with E-state index in [-0.39, 0.29) is 5.92 Å². The Morgan fingerprint density at radius 1 is 0.957 bits per heavy atom. The van der Waals surface area contributed by atoms with Gasteiger partial charge in [-0.25, -0.2) is 0 Å². The molecule has 116 valence electrons. The van der Waals surface area contributed by atoms with Crippen LogP contribution < -0.4 is 9.47 Å². The maximum Gasteiger partial charge on any atom is 0.292 e. The molecule has 0 saturated heterocycles. The lowest BCUT2D eigenvalue weighted by molar-refractivity contribution is 0.491. The number of hydrogen-bond acceptors (Lipinski definition) is 4. The van der Waals surface area contributed by atoms with Gasteiger partial charge in [-0.3, -0.25) is 0 Å². The van der Waals surface area contributed by atoms with Gasteiger partial charge < -0.3 is 9.47 Å². The third kappa shape index (κ3) is 4.25. The Bertz CT molecular complexity index is 711. The summed E-state index contributed by atoms with van der Waals surface area (Å²) in [6, 6.07) is 15.1. The molecule has 0 heterocycles. The first-order valence-electron chi connectivity index (χ1n) is 7.61. The van der Waals surface area contributed by atoms with E-state index in [1.165, 1.54) is 0 Å². The maximum atomic E-state index is 8.85. The highest BCUT2D eigenvalue weighted by Gasteiger charge is 2.18. The van der Waals surface area contributed by atoms with Crippen LogP contribution in [0.4, 0.5) is 0 Å². The molecular formula is C19H18N2O2. The van der Waals surface area contributed by atoms with Crippen molar-refractivity contribution in [2.45, 2.75) is 32.1 Å². The molecule has 2 rings (SSSR count). The van der Waals surface area contributed by atoms with Gasteiger partial charge >= 0.3 is 0 Å². The van der Waals surface area contributed by atoms with Crippen molar-refractivity contribution in [3.05, 3.63) is 59.7 Å². The molecule has 0 radical (unpaired) electrons. The number of nitriles is 2. The van der Waals surface area contributed by atoms with E-state index in [1.807, 2.05) is 36.4 Å². The monoisotopic (exact) mass is 306 g/mol. The fourth-order valence-corrected chi connectivity index (χ4v) is 2.64. The fraction of sp³-hybridized carbons (Fsp3) is 0.263. The first-order valence-corrected chi connectivity index (χ1v) is 7.61. The van der Waals surface area contributed by atoms with E-state index in [9.17, 15) is 0 Å². The molecular weight excluding hydrogens is 288 g/mol. The zero-order valence-corrected chi connectivity index (χ0v) is 13.0.